The molecular weight excluding hydrogens is 301 g/mol. The number of hydrogen-bond acceptors (Lipinski definition) is 2. The van der Waals surface area contributed by atoms with Crippen molar-refractivity contribution in [1.29, 1.82) is 0 Å². The maximum atomic E-state index is 13.6. The fourth-order valence-electron chi connectivity index (χ4n) is 1.72. The summed E-state index contributed by atoms with van der Waals surface area (Å²) in [7, 11) is 0. The Bertz CT molecular complexity index is 403. The predicted octanol–water partition coefficient (Wildman–Crippen LogP) is 2.73. The van der Waals surface area contributed by atoms with Gasteiger partial charge in [0, 0.05) is 4.47 Å². The van der Waals surface area contributed by atoms with E-state index in [4.69, 9.17) is 0 Å². The molecule has 0 fully saturated rings. The zero-order valence-electron chi connectivity index (χ0n) is 10.4. The molecule has 1 aromatic rings. The molecule has 1 rings (SSSR count). The lowest BCUT2D eigenvalue weighted by Gasteiger charge is -2.18. The highest BCUT2D eigenvalue weighted by Crippen LogP contribution is 2.19. The Kier molecular flexibility index (Phi) is 5.75. The summed E-state index contributed by atoms with van der Waals surface area (Å²) in [4.78, 5) is 11.9. The molecule has 0 radical (unpaired) electrons. The molecule has 18 heavy (non-hydrogen) atoms. The molecule has 0 aliphatic heterocycles. The van der Waals surface area contributed by atoms with Gasteiger partial charge in [0.1, 0.15) is 5.82 Å². The minimum Gasteiger partial charge on any atom is -0.394 e. The number of aliphatic hydroxyl groups is 1. The van der Waals surface area contributed by atoms with E-state index in [0.717, 1.165) is 0 Å². The highest BCUT2D eigenvalue weighted by Gasteiger charge is 2.19. The fraction of sp³-hybridized carbons (Fsp3) is 0.462. The van der Waals surface area contributed by atoms with Gasteiger partial charge in [-0.2, -0.15) is 0 Å². The molecular formula is C13H17BrFNO2. The minimum atomic E-state index is -0.580. The number of rotatable bonds is 5. The van der Waals surface area contributed by atoms with Crippen molar-refractivity contribution in [3.8, 4) is 0 Å². The van der Waals surface area contributed by atoms with E-state index < -0.39 is 11.7 Å². The van der Waals surface area contributed by atoms with Crippen molar-refractivity contribution in [2.24, 2.45) is 5.92 Å². The van der Waals surface area contributed by atoms with E-state index >= 15 is 0 Å². The van der Waals surface area contributed by atoms with E-state index in [1.807, 2.05) is 13.8 Å². The second kappa shape index (κ2) is 6.85. The van der Waals surface area contributed by atoms with Gasteiger partial charge in [-0.1, -0.05) is 19.9 Å². The first-order valence-corrected chi connectivity index (χ1v) is 6.60. The van der Waals surface area contributed by atoms with Crippen LogP contribution in [-0.2, 0) is 0 Å². The largest absolute Gasteiger partial charge is 0.394 e. The van der Waals surface area contributed by atoms with Gasteiger partial charge >= 0.3 is 0 Å². The van der Waals surface area contributed by atoms with Gasteiger partial charge < -0.3 is 10.4 Å². The van der Waals surface area contributed by atoms with Crippen LogP contribution in [0.15, 0.2) is 22.7 Å². The molecule has 0 aromatic heterocycles. The molecule has 0 bridgehead atoms. The highest BCUT2D eigenvalue weighted by atomic mass is 79.9. The second-order valence-corrected chi connectivity index (χ2v) is 5.43. The van der Waals surface area contributed by atoms with Crippen molar-refractivity contribution < 1.29 is 14.3 Å². The third-order valence-electron chi connectivity index (χ3n) is 2.50. The van der Waals surface area contributed by atoms with Crippen molar-refractivity contribution >= 4 is 21.8 Å². The van der Waals surface area contributed by atoms with Gasteiger partial charge in [0.2, 0.25) is 0 Å². The summed E-state index contributed by atoms with van der Waals surface area (Å²) >= 11 is 3.15. The van der Waals surface area contributed by atoms with Crippen LogP contribution in [0.3, 0.4) is 0 Å². The minimum absolute atomic E-state index is 0.0280. The number of benzene rings is 1. The van der Waals surface area contributed by atoms with E-state index in [1.54, 1.807) is 6.07 Å². The summed E-state index contributed by atoms with van der Waals surface area (Å²) in [5.41, 5.74) is -0.0280. The summed E-state index contributed by atoms with van der Waals surface area (Å²) in [5, 5.41) is 11.8. The zero-order valence-corrected chi connectivity index (χ0v) is 12.0. The Balaban J connectivity index is 2.81. The van der Waals surface area contributed by atoms with Crippen LogP contribution in [0.4, 0.5) is 4.39 Å². The molecule has 0 saturated carbocycles. The molecule has 1 atom stereocenters. The molecule has 3 nitrogen and oxygen atoms in total. The van der Waals surface area contributed by atoms with E-state index in [1.165, 1.54) is 12.1 Å². The van der Waals surface area contributed by atoms with Gasteiger partial charge in [-0.3, -0.25) is 4.79 Å². The third kappa shape index (κ3) is 4.07. The molecule has 0 saturated heterocycles. The van der Waals surface area contributed by atoms with Crippen molar-refractivity contribution in [1.82, 2.24) is 5.32 Å². The number of aliphatic hydroxyl groups excluding tert-OH is 1. The SMILES string of the molecule is CC(C)CC(CO)NC(=O)c1c(F)cccc1Br. The van der Waals surface area contributed by atoms with Crippen molar-refractivity contribution in [2.75, 3.05) is 6.61 Å². The summed E-state index contributed by atoms with van der Waals surface area (Å²) in [6, 6.07) is 4.00. The summed E-state index contributed by atoms with van der Waals surface area (Å²) < 4.78 is 14.0. The predicted molar refractivity (Wildman–Crippen MR) is 71.9 cm³/mol. The molecule has 0 heterocycles. The molecule has 100 valence electrons. The molecule has 5 heteroatoms. The first-order valence-electron chi connectivity index (χ1n) is 5.81. The van der Waals surface area contributed by atoms with E-state index in [9.17, 15) is 14.3 Å². The summed E-state index contributed by atoms with van der Waals surface area (Å²) in [6.07, 6.45) is 0.647. The Labute approximate surface area is 115 Å². The highest BCUT2D eigenvalue weighted by molar-refractivity contribution is 9.10. The Morgan fingerprint density at radius 3 is 2.67 bits per heavy atom. The van der Waals surface area contributed by atoms with E-state index in [-0.39, 0.29) is 18.2 Å². The number of halogens is 2. The standard InChI is InChI=1S/C13H17BrFNO2/c1-8(2)6-9(7-17)16-13(18)12-10(14)4-3-5-11(12)15/h3-5,8-9,17H,6-7H2,1-2H3,(H,16,18). The monoisotopic (exact) mass is 317 g/mol. The van der Waals surface area contributed by atoms with E-state index in [0.29, 0.717) is 16.8 Å². The van der Waals surface area contributed by atoms with Gasteiger partial charge in [-0.25, -0.2) is 4.39 Å². The topological polar surface area (TPSA) is 49.3 Å². The number of hydrogen-bond donors (Lipinski definition) is 2. The number of nitrogens with one attached hydrogen (secondary N) is 1. The molecule has 1 aromatic carbocycles. The van der Waals surface area contributed by atoms with Crippen molar-refractivity contribution in [3.05, 3.63) is 34.1 Å². The first kappa shape index (κ1) is 15.1. The normalized spacial score (nSPS) is 12.6. The summed E-state index contributed by atoms with van der Waals surface area (Å²) in [5.74, 6) is -0.755. The maximum absolute atomic E-state index is 13.6. The first-order chi connectivity index (χ1) is 8.45. The second-order valence-electron chi connectivity index (χ2n) is 4.58. The average molecular weight is 318 g/mol. The zero-order chi connectivity index (χ0) is 13.7. The van der Waals surface area contributed by atoms with Crippen LogP contribution in [0.25, 0.3) is 0 Å². The fourth-order valence-corrected chi connectivity index (χ4v) is 2.24. The molecule has 0 aliphatic rings. The Hall–Kier alpha value is -0.940. The molecule has 0 aliphatic carbocycles. The number of carbonyl (C=O) groups excluding carboxylic acids is 1. The van der Waals surface area contributed by atoms with Crippen LogP contribution in [0.2, 0.25) is 0 Å². The smallest absolute Gasteiger partial charge is 0.255 e. The Morgan fingerprint density at radius 1 is 1.50 bits per heavy atom. The quantitative estimate of drug-likeness (QED) is 0.877. The molecule has 0 spiro atoms. The number of amides is 1. The van der Waals surface area contributed by atoms with Crippen molar-refractivity contribution in [2.45, 2.75) is 26.3 Å². The number of carbonyl (C=O) groups is 1. The lowest BCUT2D eigenvalue weighted by atomic mass is 10.0. The van der Waals surface area contributed by atoms with Crippen molar-refractivity contribution in [3.63, 3.8) is 0 Å². The van der Waals surface area contributed by atoms with Gasteiger partial charge in [0.05, 0.1) is 18.2 Å². The van der Waals surface area contributed by atoms with Gasteiger partial charge in [-0.05, 0) is 40.4 Å². The molecule has 1 unspecified atom stereocenters. The average Bonchev–Trinajstić information content (AvgIpc) is 2.27. The van der Waals surface area contributed by atoms with Crippen LogP contribution in [-0.4, -0.2) is 23.7 Å². The van der Waals surface area contributed by atoms with Crippen LogP contribution in [0.1, 0.15) is 30.6 Å². The van der Waals surface area contributed by atoms with E-state index in [2.05, 4.69) is 21.2 Å². The molecule has 1 amide bonds. The third-order valence-corrected chi connectivity index (χ3v) is 3.16. The van der Waals surface area contributed by atoms with Gasteiger partial charge in [0.25, 0.3) is 5.91 Å². The van der Waals surface area contributed by atoms with Crippen LogP contribution >= 0.6 is 15.9 Å². The van der Waals surface area contributed by atoms with Gasteiger partial charge in [0.15, 0.2) is 0 Å². The van der Waals surface area contributed by atoms with Crippen LogP contribution < -0.4 is 5.32 Å². The lowest BCUT2D eigenvalue weighted by Crippen LogP contribution is -2.38. The van der Waals surface area contributed by atoms with Crippen LogP contribution in [0.5, 0.6) is 0 Å². The maximum Gasteiger partial charge on any atom is 0.255 e. The lowest BCUT2D eigenvalue weighted by molar-refractivity contribution is 0.0903. The Morgan fingerprint density at radius 2 is 2.17 bits per heavy atom. The molecule has 2 N–H and O–H groups in total. The summed E-state index contributed by atoms with van der Waals surface area (Å²) in [6.45, 7) is 3.83. The van der Waals surface area contributed by atoms with Crippen LogP contribution in [0, 0.1) is 11.7 Å². The van der Waals surface area contributed by atoms with Gasteiger partial charge in [-0.15, -0.1) is 0 Å².